The minimum Gasteiger partial charge on any atom is -0.484 e. The zero-order chi connectivity index (χ0) is 16.2. The Morgan fingerprint density at radius 3 is 2.70 bits per heavy atom. The Bertz CT molecular complexity index is 828. The van der Waals surface area contributed by atoms with Gasteiger partial charge in [0.05, 0.1) is 0 Å². The summed E-state index contributed by atoms with van der Waals surface area (Å²) < 4.78 is 23.9. The molecule has 0 N–H and O–H groups in total. The maximum Gasteiger partial charge on any atom is 0.254 e. The Hall–Kier alpha value is -3.02. The summed E-state index contributed by atoms with van der Waals surface area (Å²) in [7, 11) is 0. The monoisotopic (exact) mass is 312 g/mol. The second-order valence-corrected chi connectivity index (χ2v) is 4.88. The van der Waals surface area contributed by atoms with E-state index >= 15 is 0 Å². The molecule has 0 atom stereocenters. The lowest BCUT2D eigenvalue weighted by Crippen LogP contribution is -1.98. The van der Waals surface area contributed by atoms with Gasteiger partial charge in [-0.25, -0.2) is 4.39 Å². The number of aromatic nitrogens is 2. The summed E-state index contributed by atoms with van der Waals surface area (Å²) >= 11 is 0. The molecule has 3 rings (SSSR count). The lowest BCUT2D eigenvalue weighted by molar-refractivity contribution is 0.101. The number of rotatable bonds is 5. The van der Waals surface area contributed by atoms with Crippen molar-refractivity contribution in [3.63, 3.8) is 0 Å². The van der Waals surface area contributed by atoms with Crippen LogP contribution in [0, 0.1) is 5.82 Å². The lowest BCUT2D eigenvalue weighted by atomic mass is 10.1. The van der Waals surface area contributed by atoms with Crippen molar-refractivity contribution in [3.8, 4) is 17.2 Å². The van der Waals surface area contributed by atoms with Crippen molar-refractivity contribution >= 4 is 5.78 Å². The van der Waals surface area contributed by atoms with Crippen molar-refractivity contribution in [2.75, 3.05) is 0 Å². The van der Waals surface area contributed by atoms with Gasteiger partial charge in [0, 0.05) is 11.1 Å². The van der Waals surface area contributed by atoms with Crippen LogP contribution < -0.4 is 4.74 Å². The Kier molecular flexibility index (Phi) is 4.14. The lowest BCUT2D eigenvalue weighted by Gasteiger charge is -2.04. The summed E-state index contributed by atoms with van der Waals surface area (Å²) in [6.07, 6.45) is 0. The Morgan fingerprint density at radius 2 is 1.96 bits per heavy atom. The third kappa shape index (κ3) is 3.60. The van der Waals surface area contributed by atoms with Crippen molar-refractivity contribution < 1.29 is 18.3 Å². The molecule has 0 fully saturated rings. The van der Waals surface area contributed by atoms with Gasteiger partial charge in [0.15, 0.2) is 12.4 Å². The zero-order valence-electron chi connectivity index (χ0n) is 12.3. The van der Waals surface area contributed by atoms with Gasteiger partial charge in [-0.2, -0.15) is 0 Å². The predicted octanol–water partition coefficient (Wildman–Crippen LogP) is 3.66. The van der Waals surface area contributed by atoms with E-state index in [0.29, 0.717) is 22.8 Å². The van der Waals surface area contributed by atoms with Gasteiger partial charge in [0.1, 0.15) is 11.6 Å². The summed E-state index contributed by atoms with van der Waals surface area (Å²) in [6.45, 7) is 1.57. The van der Waals surface area contributed by atoms with Crippen LogP contribution in [0.25, 0.3) is 11.5 Å². The van der Waals surface area contributed by atoms with Crippen molar-refractivity contribution in [3.05, 3.63) is 65.8 Å². The molecule has 0 aliphatic rings. The molecule has 1 heterocycles. The fourth-order valence-electron chi connectivity index (χ4n) is 1.97. The van der Waals surface area contributed by atoms with Gasteiger partial charge in [-0.3, -0.25) is 4.79 Å². The number of Topliss-reactive ketones (excluding diaryl/α,β-unsaturated/α-hetero) is 1. The Balaban J connectivity index is 1.69. The van der Waals surface area contributed by atoms with Crippen molar-refractivity contribution in [2.24, 2.45) is 0 Å². The Morgan fingerprint density at radius 1 is 1.17 bits per heavy atom. The third-order valence-electron chi connectivity index (χ3n) is 3.16. The number of hydrogen-bond acceptors (Lipinski definition) is 5. The molecule has 6 heteroatoms. The molecule has 2 aromatic carbocycles. The summed E-state index contributed by atoms with van der Waals surface area (Å²) in [5, 5.41) is 7.79. The molecule has 1 aromatic heterocycles. The molecule has 0 saturated carbocycles. The molecule has 5 nitrogen and oxygen atoms in total. The number of carbonyl (C=O) groups is 1. The van der Waals surface area contributed by atoms with Crippen LogP contribution >= 0.6 is 0 Å². The molecule has 0 saturated heterocycles. The van der Waals surface area contributed by atoms with Gasteiger partial charge in [-0.1, -0.05) is 12.1 Å². The quantitative estimate of drug-likeness (QED) is 0.673. The van der Waals surface area contributed by atoms with E-state index in [0.717, 1.165) is 0 Å². The second-order valence-electron chi connectivity index (χ2n) is 4.88. The highest BCUT2D eigenvalue weighted by Gasteiger charge is 2.09. The first-order chi connectivity index (χ1) is 11.1. The van der Waals surface area contributed by atoms with Gasteiger partial charge < -0.3 is 9.15 Å². The summed E-state index contributed by atoms with van der Waals surface area (Å²) in [5.74, 6) is 0.756. The standard InChI is InChI=1S/C17H13FN2O3/c1-11(21)13-3-2-4-15(9-13)22-10-16-19-20-17(23-16)12-5-7-14(18)8-6-12/h2-9H,10H2,1H3. The predicted molar refractivity (Wildman–Crippen MR) is 80.5 cm³/mol. The fraction of sp³-hybridized carbons (Fsp3) is 0.118. The van der Waals surface area contributed by atoms with Crippen LogP contribution in [0.5, 0.6) is 5.75 Å². The number of ketones is 1. The largest absolute Gasteiger partial charge is 0.484 e. The number of nitrogens with zero attached hydrogens (tertiary/aromatic N) is 2. The van der Waals surface area contributed by atoms with E-state index < -0.39 is 0 Å². The maximum atomic E-state index is 12.9. The minimum absolute atomic E-state index is 0.0353. The second kappa shape index (κ2) is 6.39. The fourth-order valence-corrected chi connectivity index (χ4v) is 1.97. The normalized spacial score (nSPS) is 10.5. The molecule has 23 heavy (non-hydrogen) atoms. The highest BCUT2D eigenvalue weighted by atomic mass is 19.1. The molecular weight excluding hydrogens is 299 g/mol. The van der Waals surface area contributed by atoms with Crippen LogP contribution in [-0.4, -0.2) is 16.0 Å². The molecular formula is C17H13FN2O3. The molecule has 0 bridgehead atoms. The van der Waals surface area contributed by atoms with Crippen LogP contribution in [0.15, 0.2) is 52.9 Å². The van der Waals surface area contributed by atoms with E-state index in [1.54, 1.807) is 36.4 Å². The van der Waals surface area contributed by atoms with E-state index in [4.69, 9.17) is 9.15 Å². The summed E-state index contributed by atoms with van der Waals surface area (Å²) in [6, 6.07) is 12.6. The molecule has 0 aliphatic carbocycles. The average molecular weight is 312 g/mol. The molecule has 0 spiro atoms. The van der Waals surface area contributed by atoms with Crippen LogP contribution in [0.3, 0.4) is 0 Å². The van der Waals surface area contributed by atoms with Crippen molar-refractivity contribution in [2.45, 2.75) is 13.5 Å². The Labute approximate surface area is 131 Å². The highest BCUT2D eigenvalue weighted by Crippen LogP contribution is 2.19. The van der Waals surface area contributed by atoms with E-state index in [9.17, 15) is 9.18 Å². The average Bonchev–Trinajstić information content (AvgIpc) is 3.03. The first kappa shape index (κ1) is 14.9. The number of carbonyl (C=O) groups excluding carboxylic acids is 1. The van der Waals surface area contributed by atoms with Crippen LogP contribution in [0.2, 0.25) is 0 Å². The molecule has 3 aromatic rings. The van der Waals surface area contributed by atoms with E-state index in [1.165, 1.54) is 19.1 Å². The summed E-state index contributed by atoms with van der Waals surface area (Å²) in [4.78, 5) is 11.3. The third-order valence-corrected chi connectivity index (χ3v) is 3.16. The molecule has 116 valence electrons. The number of halogens is 1. The van der Waals surface area contributed by atoms with Crippen LogP contribution in [0.1, 0.15) is 23.2 Å². The zero-order valence-corrected chi connectivity index (χ0v) is 12.3. The first-order valence-electron chi connectivity index (χ1n) is 6.94. The van der Waals surface area contributed by atoms with Gasteiger partial charge in [0.2, 0.25) is 5.89 Å². The minimum atomic E-state index is -0.331. The molecule has 0 aliphatic heterocycles. The highest BCUT2D eigenvalue weighted by molar-refractivity contribution is 5.94. The topological polar surface area (TPSA) is 65.2 Å². The number of ether oxygens (including phenoxy) is 1. The molecule has 0 radical (unpaired) electrons. The van der Waals surface area contributed by atoms with Crippen LogP contribution in [-0.2, 0) is 6.61 Å². The van der Waals surface area contributed by atoms with E-state index in [1.807, 2.05) is 0 Å². The molecule has 0 amide bonds. The number of hydrogen-bond donors (Lipinski definition) is 0. The van der Waals surface area contributed by atoms with E-state index in [2.05, 4.69) is 10.2 Å². The van der Waals surface area contributed by atoms with Crippen LogP contribution in [0.4, 0.5) is 4.39 Å². The molecule has 0 unspecified atom stereocenters. The van der Waals surface area contributed by atoms with Crippen molar-refractivity contribution in [1.29, 1.82) is 0 Å². The van der Waals surface area contributed by atoms with Gasteiger partial charge in [0.25, 0.3) is 5.89 Å². The summed E-state index contributed by atoms with van der Waals surface area (Å²) in [5.41, 5.74) is 1.20. The number of benzene rings is 2. The van der Waals surface area contributed by atoms with Gasteiger partial charge >= 0.3 is 0 Å². The van der Waals surface area contributed by atoms with Gasteiger partial charge in [-0.05, 0) is 43.3 Å². The maximum absolute atomic E-state index is 12.9. The van der Waals surface area contributed by atoms with Crippen molar-refractivity contribution in [1.82, 2.24) is 10.2 Å². The van der Waals surface area contributed by atoms with E-state index in [-0.39, 0.29) is 24.1 Å². The van der Waals surface area contributed by atoms with Gasteiger partial charge in [-0.15, -0.1) is 10.2 Å². The first-order valence-corrected chi connectivity index (χ1v) is 6.94. The SMILES string of the molecule is CC(=O)c1cccc(OCc2nnc(-c3ccc(F)cc3)o2)c1. The smallest absolute Gasteiger partial charge is 0.254 e.